The molecule has 4 aromatic rings. The van der Waals surface area contributed by atoms with Crippen molar-refractivity contribution in [1.29, 1.82) is 0 Å². The normalized spacial score (nSPS) is 14.0. The van der Waals surface area contributed by atoms with Gasteiger partial charge in [0, 0.05) is 30.1 Å². The lowest BCUT2D eigenvalue weighted by Gasteiger charge is -2.31. The summed E-state index contributed by atoms with van der Waals surface area (Å²) < 4.78 is 0. The van der Waals surface area contributed by atoms with E-state index in [2.05, 4.69) is 15.8 Å². The van der Waals surface area contributed by atoms with Crippen molar-refractivity contribution in [2.24, 2.45) is 5.92 Å². The molecule has 0 atom stereocenters. The van der Waals surface area contributed by atoms with Crippen molar-refractivity contribution in [3.05, 3.63) is 88.9 Å². The molecule has 182 valence electrons. The third-order valence-corrected chi connectivity index (χ3v) is 7.70. The molecular weight excluding hydrogens is 472 g/mol. The maximum Gasteiger partial charge on any atom is 0.281 e. The SMILES string of the molecule is Cc1nc(-c2ccccc2)sc1C(=O)NNC(=O)C1CCN(C(=O)c2cccc3ccccc23)CC1. The Bertz CT molecular complexity index is 1420. The van der Waals surface area contributed by atoms with E-state index in [-0.39, 0.29) is 23.6 Å². The minimum atomic E-state index is -0.385. The van der Waals surface area contributed by atoms with Crippen molar-refractivity contribution in [2.45, 2.75) is 19.8 Å². The van der Waals surface area contributed by atoms with Crippen molar-refractivity contribution in [2.75, 3.05) is 13.1 Å². The summed E-state index contributed by atoms with van der Waals surface area (Å²) in [5, 5.41) is 2.72. The summed E-state index contributed by atoms with van der Waals surface area (Å²) in [4.78, 5) is 45.3. The molecule has 3 amide bonds. The van der Waals surface area contributed by atoms with E-state index in [4.69, 9.17) is 0 Å². The minimum Gasteiger partial charge on any atom is -0.339 e. The largest absolute Gasteiger partial charge is 0.339 e. The average molecular weight is 499 g/mol. The van der Waals surface area contributed by atoms with E-state index in [0.29, 0.717) is 42.1 Å². The molecule has 0 unspecified atom stereocenters. The van der Waals surface area contributed by atoms with Gasteiger partial charge in [0.15, 0.2) is 0 Å². The van der Waals surface area contributed by atoms with Crippen LogP contribution in [0.25, 0.3) is 21.3 Å². The van der Waals surface area contributed by atoms with Gasteiger partial charge in [0.05, 0.1) is 5.69 Å². The van der Waals surface area contributed by atoms with E-state index in [9.17, 15) is 14.4 Å². The Morgan fingerprint density at radius 1 is 0.889 bits per heavy atom. The van der Waals surface area contributed by atoms with E-state index in [1.54, 1.807) is 11.8 Å². The standard InChI is InChI=1S/C28H26N4O3S/c1-18-24(36-27(29-18)21-9-3-2-4-10-21)26(34)31-30-25(33)20-14-16-32(17-15-20)28(35)23-13-7-11-19-8-5-6-12-22(19)23/h2-13,20H,14-17H2,1H3,(H,30,33)(H,31,34). The molecule has 5 rings (SSSR count). The Morgan fingerprint density at radius 2 is 1.58 bits per heavy atom. The smallest absolute Gasteiger partial charge is 0.281 e. The quantitative estimate of drug-likeness (QED) is 0.403. The molecule has 8 heteroatoms. The highest BCUT2D eigenvalue weighted by atomic mass is 32.1. The number of likely N-dealkylation sites (tertiary alicyclic amines) is 1. The highest BCUT2D eigenvalue weighted by Crippen LogP contribution is 2.28. The van der Waals surface area contributed by atoms with Crippen LogP contribution in [0, 0.1) is 12.8 Å². The molecule has 36 heavy (non-hydrogen) atoms. The summed E-state index contributed by atoms with van der Waals surface area (Å²) in [7, 11) is 0. The van der Waals surface area contributed by atoms with Crippen LogP contribution in [0.4, 0.5) is 0 Å². The molecule has 0 aliphatic carbocycles. The zero-order valence-corrected chi connectivity index (χ0v) is 20.7. The maximum atomic E-state index is 13.2. The van der Waals surface area contributed by atoms with Crippen LogP contribution in [-0.2, 0) is 4.79 Å². The number of benzene rings is 3. The van der Waals surface area contributed by atoms with Gasteiger partial charge in [0.2, 0.25) is 5.91 Å². The molecule has 0 bridgehead atoms. The van der Waals surface area contributed by atoms with Gasteiger partial charge in [-0.2, -0.15) is 0 Å². The molecule has 2 heterocycles. The van der Waals surface area contributed by atoms with E-state index in [1.807, 2.05) is 72.8 Å². The van der Waals surface area contributed by atoms with Crippen LogP contribution < -0.4 is 10.9 Å². The number of aryl methyl sites for hydroxylation is 1. The van der Waals surface area contributed by atoms with Crippen LogP contribution in [-0.4, -0.2) is 40.7 Å². The van der Waals surface area contributed by atoms with Gasteiger partial charge in [0.1, 0.15) is 9.88 Å². The third-order valence-electron chi connectivity index (χ3n) is 6.50. The number of thiazole rings is 1. The Morgan fingerprint density at radius 3 is 2.36 bits per heavy atom. The molecule has 3 aromatic carbocycles. The molecule has 7 nitrogen and oxygen atoms in total. The summed E-state index contributed by atoms with van der Waals surface area (Å²) in [5.74, 6) is -0.923. The second-order valence-electron chi connectivity index (χ2n) is 8.84. The summed E-state index contributed by atoms with van der Waals surface area (Å²) >= 11 is 1.29. The number of nitrogens with one attached hydrogen (secondary N) is 2. The lowest BCUT2D eigenvalue weighted by molar-refractivity contribution is -0.127. The van der Waals surface area contributed by atoms with Gasteiger partial charge < -0.3 is 4.90 Å². The van der Waals surface area contributed by atoms with Crippen LogP contribution in [0.2, 0.25) is 0 Å². The van der Waals surface area contributed by atoms with Crippen molar-refractivity contribution in [1.82, 2.24) is 20.7 Å². The number of fused-ring (bicyclic) bond motifs is 1. The second kappa shape index (κ2) is 10.3. The number of amides is 3. The van der Waals surface area contributed by atoms with Crippen molar-refractivity contribution in [3.63, 3.8) is 0 Å². The first kappa shape index (κ1) is 23.7. The topological polar surface area (TPSA) is 91.4 Å². The fourth-order valence-corrected chi connectivity index (χ4v) is 5.48. The lowest BCUT2D eigenvalue weighted by atomic mass is 9.95. The molecule has 1 fully saturated rings. The predicted octanol–water partition coefficient (Wildman–Crippen LogP) is 4.59. The molecule has 1 aliphatic heterocycles. The number of carbonyl (C=O) groups is 3. The number of piperidine rings is 1. The maximum absolute atomic E-state index is 13.2. The summed E-state index contributed by atoms with van der Waals surface area (Å²) in [6.07, 6.45) is 1.08. The van der Waals surface area contributed by atoms with Gasteiger partial charge in [-0.1, -0.05) is 66.7 Å². The van der Waals surface area contributed by atoms with Crippen molar-refractivity contribution < 1.29 is 14.4 Å². The number of carbonyl (C=O) groups excluding carboxylic acids is 3. The van der Waals surface area contributed by atoms with Gasteiger partial charge in [-0.15, -0.1) is 11.3 Å². The Kier molecular flexibility index (Phi) is 6.77. The first-order chi connectivity index (χ1) is 17.5. The van der Waals surface area contributed by atoms with Gasteiger partial charge in [-0.05, 0) is 36.6 Å². The van der Waals surface area contributed by atoms with Crippen LogP contribution in [0.3, 0.4) is 0 Å². The van der Waals surface area contributed by atoms with E-state index in [1.165, 1.54) is 11.3 Å². The lowest BCUT2D eigenvalue weighted by Crippen LogP contribution is -2.48. The number of aromatic nitrogens is 1. The molecule has 0 saturated carbocycles. The Hall–Kier alpha value is -4.04. The van der Waals surface area contributed by atoms with Crippen molar-refractivity contribution >= 4 is 39.8 Å². The van der Waals surface area contributed by atoms with Gasteiger partial charge in [-0.25, -0.2) is 4.98 Å². The number of hydrazine groups is 1. The number of nitrogens with zero attached hydrogens (tertiary/aromatic N) is 2. The summed E-state index contributed by atoms with van der Waals surface area (Å²) in [6.45, 7) is 2.76. The molecular formula is C28H26N4O3S. The predicted molar refractivity (Wildman–Crippen MR) is 140 cm³/mol. The molecule has 2 N–H and O–H groups in total. The fraction of sp³-hybridized carbons (Fsp3) is 0.214. The third kappa shape index (κ3) is 4.85. The number of hydrogen-bond acceptors (Lipinski definition) is 5. The highest BCUT2D eigenvalue weighted by Gasteiger charge is 2.29. The molecule has 1 saturated heterocycles. The number of rotatable bonds is 4. The van der Waals surface area contributed by atoms with Gasteiger partial charge in [-0.3, -0.25) is 25.2 Å². The van der Waals surface area contributed by atoms with Gasteiger partial charge >= 0.3 is 0 Å². The highest BCUT2D eigenvalue weighted by molar-refractivity contribution is 7.17. The summed E-state index contributed by atoms with van der Waals surface area (Å²) in [6, 6.07) is 23.2. The van der Waals surface area contributed by atoms with Crippen LogP contribution >= 0.6 is 11.3 Å². The van der Waals surface area contributed by atoms with Crippen LogP contribution in [0.15, 0.2) is 72.8 Å². The van der Waals surface area contributed by atoms with E-state index >= 15 is 0 Å². The fourth-order valence-electron chi connectivity index (χ4n) is 4.52. The Labute approximate surface area is 213 Å². The average Bonchev–Trinajstić information content (AvgIpc) is 3.33. The Balaban J connectivity index is 1.16. The summed E-state index contributed by atoms with van der Waals surface area (Å²) in [5.41, 5.74) is 7.34. The van der Waals surface area contributed by atoms with Crippen LogP contribution in [0.1, 0.15) is 38.6 Å². The van der Waals surface area contributed by atoms with Crippen LogP contribution in [0.5, 0.6) is 0 Å². The van der Waals surface area contributed by atoms with E-state index < -0.39 is 0 Å². The minimum absolute atomic E-state index is 0.0196. The zero-order valence-electron chi connectivity index (χ0n) is 19.9. The first-order valence-corrected chi connectivity index (χ1v) is 12.7. The molecule has 0 radical (unpaired) electrons. The molecule has 1 aliphatic rings. The first-order valence-electron chi connectivity index (χ1n) is 11.9. The van der Waals surface area contributed by atoms with Crippen molar-refractivity contribution in [3.8, 4) is 10.6 Å². The zero-order chi connectivity index (χ0) is 25.1. The monoisotopic (exact) mass is 498 g/mol. The van der Waals surface area contributed by atoms with E-state index in [0.717, 1.165) is 21.3 Å². The molecule has 0 spiro atoms. The molecule has 1 aromatic heterocycles. The number of hydrogen-bond donors (Lipinski definition) is 2. The van der Waals surface area contributed by atoms with Gasteiger partial charge in [0.25, 0.3) is 11.8 Å². The second-order valence-corrected chi connectivity index (χ2v) is 9.84.